The maximum atomic E-state index is 14.8. The monoisotopic (exact) mass is 467 g/mol. The molecule has 7 nitrogen and oxygen atoms in total. The quantitative estimate of drug-likeness (QED) is 0.360. The molecule has 2 aliphatic rings. The summed E-state index contributed by atoms with van der Waals surface area (Å²) in [6.45, 7) is 8.68. The molecule has 0 spiro atoms. The van der Waals surface area contributed by atoms with E-state index in [0.29, 0.717) is 25.2 Å². The van der Waals surface area contributed by atoms with E-state index in [2.05, 4.69) is 27.8 Å². The van der Waals surface area contributed by atoms with E-state index in [9.17, 15) is 14.0 Å². The lowest BCUT2D eigenvalue weighted by atomic mass is 9.91. The summed E-state index contributed by atoms with van der Waals surface area (Å²) in [4.78, 5) is 27.3. The third kappa shape index (κ3) is 6.62. The van der Waals surface area contributed by atoms with E-state index in [1.807, 2.05) is 26.8 Å². The molecule has 0 saturated carbocycles. The Kier molecular flexibility index (Phi) is 8.36. The molecule has 182 valence electrons. The molecule has 0 bridgehead atoms. The van der Waals surface area contributed by atoms with Gasteiger partial charge in [0.1, 0.15) is 12.0 Å². The van der Waals surface area contributed by atoms with Gasteiger partial charge < -0.3 is 15.5 Å². The van der Waals surface area contributed by atoms with Gasteiger partial charge in [0.05, 0.1) is 17.5 Å². The number of nitrogens with one attached hydrogen (secondary N) is 2. The van der Waals surface area contributed by atoms with Crippen LogP contribution >= 0.6 is 0 Å². The van der Waals surface area contributed by atoms with Crippen LogP contribution in [0.3, 0.4) is 0 Å². The fraction of sp³-hybridized carbons (Fsp3) is 0.462. The van der Waals surface area contributed by atoms with Gasteiger partial charge >= 0.3 is 0 Å². The van der Waals surface area contributed by atoms with Crippen molar-refractivity contribution in [3.8, 4) is 0 Å². The molecule has 2 aliphatic heterocycles. The highest BCUT2D eigenvalue weighted by Gasteiger charge is 2.30. The van der Waals surface area contributed by atoms with Gasteiger partial charge in [-0.2, -0.15) is 10.2 Å². The highest BCUT2D eigenvalue weighted by Crippen LogP contribution is 2.26. The lowest BCUT2D eigenvalue weighted by Gasteiger charge is -2.34. The average Bonchev–Trinajstić information content (AvgIpc) is 2.79. The second-order valence-electron chi connectivity index (χ2n) is 9.61. The van der Waals surface area contributed by atoms with Gasteiger partial charge in [-0.15, -0.1) is 0 Å². The van der Waals surface area contributed by atoms with E-state index < -0.39 is 23.3 Å². The molecule has 0 saturated heterocycles. The van der Waals surface area contributed by atoms with Crippen molar-refractivity contribution in [2.24, 2.45) is 15.6 Å². The molecule has 1 unspecified atom stereocenters. The molecule has 2 heterocycles. The van der Waals surface area contributed by atoms with Crippen LogP contribution in [0.4, 0.5) is 4.39 Å². The summed E-state index contributed by atoms with van der Waals surface area (Å²) in [5, 5.41) is 13.9. The maximum absolute atomic E-state index is 14.8. The van der Waals surface area contributed by atoms with Crippen LogP contribution in [0.5, 0.6) is 0 Å². The summed E-state index contributed by atoms with van der Waals surface area (Å²) in [6.07, 6.45) is 11.8. The standard InChI is InChI=1S/C26H34FN5O2/c1-5-6-7-12-28-29-16-20-9-8-10-23(30-20)31-24(33)21-14-19-17-32(25(34)26(2,3)4)13-11-18(19)15-22(21)27/h8-10,12,14-16,23,30H,5-7,11,13,17H2,1-4H3,(H,31,33)/b28-12+,29-16+. The van der Waals surface area contributed by atoms with Crippen LogP contribution in [0.25, 0.3) is 0 Å². The number of unbranched alkanes of at least 4 members (excludes halogenated alkanes) is 2. The normalized spacial score (nSPS) is 18.1. The molecule has 34 heavy (non-hydrogen) atoms. The Hall–Kier alpha value is -3.29. The van der Waals surface area contributed by atoms with Crippen LogP contribution in [-0.2, 0) is 17.8 Å². The summed E-state index contributed by atoms with van der Waals surface area (Å²) < 4.78 is 14.8. The molecule has 0 radical (unpaired) electrons. The van der Waals surface area contributed by atoms with E-state index in [1.165, 1.54) is 6.07 Å². The summed E-state index contributed by atoms with van der Waals surface area (Å²) in [6, 6.07) is 2.99. The third-order valence-electron chi connectivity index (χ3n) is 5.70. The molecular formula is C26H34FN5O2. The zero-order chi connectivity index (χ0) is 24.7. The van der Waals surface area contributed by atoms with Crippen molar-refractivity contribution in [2.45, 2.75) is 66.1 Å². The zero-order valence-electron chi connectivity index (χ0n) is 20.4. The fourth-order valence-electron chi connectivity index (χ4n) is 3.83. The number of halogens is 1. The number of carbonyl (C=O) groups is 2. The van der Waals surface area contributed by atoms with Gasteiger partial charge in [0.25, 0.3) is 5.91 Å². The number of allylic oxidation sites excluding steroid dienone is 3. The summed E-state index contributed by atoms with van der Waals surface area (Å²) >= 11 is 0. The van der Waals surface area contributed by atoms with Crippen LogP contribution < -0.4 is 10.6 Å². The molecule has 1 aromatic rings. The molecule has 0 fully saturated rings. The largest absolute Gasteiger partial charge is 0.361 e. The molecule has 3 rings (SSSR count). The number of dihydropyridines is 1. The zero-order valence-corrected chi connectivity index (χ0v) is 20.4. The van der Waals surface area contributed by atoms with Gasteiger partial charge in [-0.1, -0.05) is 40.2 Å². The first-order valence-electron chi connectivity index (χ1n) is 11.8. The van der Waals surface area contributed by atoms with E-state index in [0.717, 1.165) is 30.4 Å². The third-order valence-corrected chi connectivity index (χ3v) is 5.70. The Morgan fingerprint density at radius 1 is 1.26 bits per heavy atom. The molecule has 1 aromatic carbocycles. The Morgan fingerprint density at radius 2 is 2.06 bits per heavy atom. The minimum atomic E-state index is -0.564. The molecule has 8 heteroatoms. The number of hydrogen-bond acceptors (Lipinski definition) is 5. The number of fused-ring (bicyclic) bond motifs is 1. The van der Waals surface area contributed by atoms with Gasteiger partial charge in [-0.05, 0) is 54.7 Å². The van der Waals surface area contributed by atoms with Crippen LogP contribution in [0.15, 0.2) is 46.3 Å². The number of nitrogens with zero attached hydrogens (tertiary/aromatic N) is 3. The van der Waals surface area contributed by atoms with E-state index in [4.69, 9.17) is 0 Å². The van der Waals surface area contributed by atoms with E-state index in [1.54, 1.807) is 35.5 Å². The van der Waals surface area contributed by atoms with Gasteiger partial charge in [0.15, 0.2) is 0 Å². The molecule has 2 amide bonds. The van der Waals surface area contributed by atoms with Crippen LogP contribution in [-0.4, -0.2) is 41.9 Å². The van der Waals surface area contributed by atoms with Crippen molar-refractivity contribution in [3.05, 3.63) is 58.6 Å². The Balaban J connectivity index is 1.64. The Bertz CT molecular complexity index is 1040. The number of benzene rings is 1. The van der Waals surface area contributed by atoms with Gasteiger partial charge in [0.2, 0.25) is 5.91 Å². The number of carbonyl (C=O) groups excluding carboxylic acids is 2. The van der Waals surface area contributed by atoms with E-state index >= 15 is 0 Å². The summed E-state index contributed by atoms with van der Waals surface area (Å²) in [5.41, 5.74) is 1.79. The lowest BCUT2D eigenvalue weighted by Crippen LogP contribution is -2.45. The Morgan fingerprint density at radius 3 is 2.79 bits per heavy atom. The van der Waals surface area contributed by atoms with Crippen molar-refractivity contribution in [2.75, 3.05) is 6.54 Å². The smallest absolute Gasteiger partial charge is 0.256 e. The summed E-state index contributed by atoms with van der Waals surface area (Å²) in [7, 11) is 0. The summed E-state index contributed by atoms with van der Waals surface area (Å²) in [5.74, 6) is -1.05. The molecule has 1 atom stereocenters. The highest BCUT2D eigenvalue weighted by molar-refractivity contribution is 5.95. The lowest BCUT2D eigenvalue weighted by molar-refractivity contribution is -0.140. The van der Waals surface area contributed by atoms with Crippen molar-refractivity contribution < 1.29 is 14.0 Å². The predicted molar refractivity (Wildman–Crippen MR) is 133 cm³/mol. The first-order valence-corrected chi connectivity index (χ1v) is 11.8. The van der Waals surface area contributed by atoms with Crippen LogP contribution in [0.2, 0.25) is 0 Å². The van der Waals surface area contributed by atoms with Crippen molar-refractivity contribution in [3.63, 3.8) is 0 Å². The minimum Gasteiger partial charge on any atom is -0.361 e. The second-order valence-corrected chi connectivity index (χ2v) is 9.61. The predicted octanol–water partition coefficient (Wildman–Crippen LogP) is 4.10. The first kappa shape index (κ1) is 25.3. The van der Waals surface area contributed by atoms with Crippen molar-refractivity contribution >= 4 is 24.2 Å². The second kappa shape index (κ2) is 11.2. The van der Waals surface area contributed by atoms with E-state index in [-0.39, 0.29) is 11.5 Å². The Labute approximate surface area is 200 Å². The van der Waals surface area contributed by atoms with Gasteiger partial charge in [-0.25, -0.2) is 4.39 Å². The molecule has 0 aromatic heterocycles. The van der Waals surface area contributed by atoms with Crippen molar-refractivity contribution in [1.82, 2.24) is 15.5 Å². The number of amides is 2. The SMILES string of the molecule is CCCC/C=N/N=C/C1=CC=CC(NC(=O)c2cc3c(cc2F)CCN(C(=O)C(C)(C)C)C3)N1. The average molecular weight is 468 g/mol. The fourth-order valence-corrected chi connectivity index (χ4v) is 3.83. The topological polar surface area (TPSA) is 86.2 Å². The van der Waals surface area contributed by atoms with Crippen LogP contribution in [0.1, 0.15) is 68.4 Å². The first-order chi connectivity index (χ1) is 16.2. The molecule has 2 N–H and O–H groups in total. The van der Waals surface area contributed by atoms with Gasteiger partial charge in [-0.3, -0.25) is 9.59 Å². The number of rotatable bonds is 7. The van der Waals surface area contributed by atoms with Crippen molar-refractivity contribution in [1.29, 1.82) is 0 Å². The molecular weight excluding hydrogens is 433 g/mol. The number of hydrogen-bond donors (Lipinski definition) is 2. The molecule has 0 aliphatic carbocycles. The minimum absolute atomic E-state index is 0.0377. The maximum Gasteiger partial charge on any atom is 0.256 e. The highest BCUT2D eigenvalue weighted by atomic mass is 19.1. The van der Waals surface area contributed by atoms with Crippen LogP contribution in [0, 0.1) is 11.2 Å². The van der Waals surface area contributed by atoms with Gasteiger partial charge in [0, 0.05) is 24.7 Å².